The molecular formula is C19H20N4O. The number of nitrogens with zero attached hydrogens (tertiary/aromatic N) is 3. The predicted molar refractivity (Wildman–Crippen MR) is 92.5 cm³/mol. The van der Waals surface area contributed by atoms with Crippen molar-refractivity contribution in [3.8, 4) is 0 Å². The highest BCUT2D eigenvalue weighted by molar-refractivity contribution is 5.83. The number of hydrogen-bond donors (Lipinski definition) is 1. The van der Waals surface area contributed by atoms with Crippen molar-refractivity contribution in [3.05, 3.63) is 59.8 Å². The smallest absolute Gasteiger partial charge is 0.228 e. The van der Waals surface area contributed by atoms with Gasteiger partial charge in [0, 0.05) is 43.0 Å². The topological polar surface area (TPSA) is 61.9 Å². The van der Waals surface area contributed by atoms with Gasteiger partial charge in [-0.2, -0.15) is 0 Å². The molecule has 1 aliphatic rings. The van der Waals surface area contributed by atoms with Gasteiger partial charge in [-0.1, -0.05) is 24.3 Å². The largest absolute Gasteiger partial charge is 0.345 e. The normalized spacial score (nSPS) is 14.0. The zero-order valence-corrected chi connectivity index (χ0v) is 13.7. The summed E-state index contributed by atoms with van der Waals surface area (Å²) in [6, 6.07) is 10.0. The molecule has 0 radical (unpaired) electrons. The summed E-state index contributed by atoms with van der Waals surface area (Å²) in [5.74, 6) is 1.68. The third-order valence-corrected chi connectivity index (χ3v) is 4.50. The van der Waals surface area contributed by atoms with Crippen LogP contribution in [0.5, 0.6) is 0 Å². The van der Waals surface area contributed by atoms with Crippen molar-refractivity contribution in [2.24, 2.45) is 0 Å². The molecule has 4 rings (SSSR count). The van der Waals surface area contributed by atoms with Crippen LogP contribution in [0, 0.1) is 0 Å². The van der Waals surface area contributed by atoms with E-state index in [0.717, 1.165) is 28.0 Å². The zero-order chi connectivity index (χ0) is 16.5. The van der Waals surface area contributed by atoms with E-state index in [9.17, 15) is 4.79 Å². The molecule has 0 aliphatic heterocycles. The van der Waals surface area contributed by atoms with E-state index >= 15 is 0 Å². The number of fused-ring (bicyclic) bond motifs is 1. The Balaban J connectivity index is 1.46. The van der Waals surface area contributed by atoms with E-state index in [-0.39, 0.29) is 5.91 Å². The van der Waals surface area contributed by atoms with Crippen molar-refractivity contribution in [3.63, 3.8) is 0 Å². The Morgan fingerprint density at radius 2 is 2.08 bits per heavy atom. The first-order chi connectivity index (χ1) is 11.7. The van der Waals surface area contributed by atoms with Crippen LogP contribution in [-0.4, -0.2) is 32.8 Å². The maximum atomic E-state index is 12.5. The van der Waals surface area contributed by atoms with Gasteiger partial charge in [0.05, 0.1) is 11.9 Å². The Labute approximate surface area is 140 Å². The Kier molecular flexibility index (Phi) is 3.76. The number of rotatable bonds is 5. The number of aromatic amines is 1. The number of imidazole rings is 1. The molecule has 5 heteroatoms. The molecule has 0 atom stereocenters. The molecular weight excluding hydrogens is 300 g/mol. The molecule has 5 nitrogen and oxygen atoms in total. The van der Waals surface area contributed by atoms with Crippen molar-refractivity contribution in [1.82, 2.24) is 19.9 Å². The Bertz CT molecular complexity index is 876. The van der Waals surface area contributed by atoms with Crippen LogP contribution >= 0.6 is 0 Å². The fourth-order valence-corrected chi connectivity index (χ4v) is 2.97. The first-order valence-electron chi connectivity index (χ1n) is 8.31. The number of likely N-dealkylation sites (N-methyl/N-ethyl adjacent to an activating group) is 1. The van der Waals surface area contributed by atoms with Crippen LogP contribution in [-0.2, 0) is 17.8 Å². The monoisotopic (exact) mass is 320 g/mol. The summed E-state index contributed by atoms with van der Waals surface area (Å²) in [7, 11) is 1.84. The molecule has 2 aromatic heterocycles. The van der Waals surface area contributed by atoms with Crippen LogP contribution in [0.3, 0.4) is 0 Å². The first-order valence-corrected chi connectivity index (χ1v) is 8.31. The zero-order valence-electron chi connectivity index (χ0n) is 13.7. The second-order valence-electron chi connectivity index (χ2n) is 6.49. The number of aromatic nitrogens is 3. The third-order valence-electron chi connectivity index (χ3n) is 4.50. The molecule has 1 fully saturated rings. The lowest BCUT2D eigenvalue weighted by Gasteiger charge is -2.17. The van der Waals surface area contributed by atoms with E-state index in [1.54, 1.807) is 17.3 Å². The van der Waals surface area contributed by atoms with E-state index in [2.05, 4.69) is 15.0 Å². The average molecular weight is 320 g/mol. The Morgan fingerprint density at radius 1 is 1.25 bits per heavy atom. The van der Waals surface area contributed by atoms with Gasteiger partial charge >= 0.3 is 0 Å². The van der Waals surface area contributed by atoms with Crippen LogP contribution in [0.4, 0.5) is 0 Å². The first kappa shape index (κ1) is 14.9. The van der Waals surface area contributed by atoms with Gasteiger partial charge in [-0.05, 0) is 24.5 Å². The van der Waals surface area contributed by atoms with Gasteiger partial charge in [-0.25, -0.2) is 4.98 Å². The SMILES string of the molecule is CN(Cc1cccc2cccnc12)C(=O)Cc1cnc(C2CC2)[nH]1. The van der Waals surface area contributed by atoms with Gasteiger partial charge in [0.15, 0.2) is 0 Å². The summed E-state index contributed by atoms with van der Waals surface area (Å²) in [6.45, 7) is 0.552. The Morgan fingerprint density at radius 3 is 2.92 bits per heavy atom. The highest BCUT2D eigenvalue weighted by Gasteiger charge is 2.26. The molecule has 1 amide bonds. The van der Waals surface area contributed by atoms with Crippen LogP contribution in [0.15, 0.2) is 42.7 Å². The van der Waals surface area contributed by atoms with Crippen LogP contribution in [0.2, 0.25) is 0 Å². The average Bonchev–Trinajstić information content (AvgIpc) is 3.35. The minimum Gasteiger partial charge on any atom is -0.345 e. The van der Waals surface area contributed by atoms with E-state index < -0.39 is 0 Å². The van der Waals surface area contributed by atoms with Crippen LogP contribution in [0.1, 0.15) is 35.8 Å². The van der Waals surface area contributed by atoms with Crippen molar-refractivity contribution in [2.45, 2.75) is 31.7 Å². The van der Waals surface area contributed by atoms with E-state index in [0.29, 0.717) is 18.9 Å². The molecule has 0 bridgehead atoms. The van der Waals surface area contributed by atoms with E-state index in [1.807, 2.05) is 37.4 Å². The fraction of sp³-hybridized carbons (Fsp3) is 0.316. The Hall–Kier alpha value is -2.69. The van der Waals surface area contributed by atoms with Gasteiger partial charge < -0.3 is 9.88 Å². The molecule has 1 saturated carbocycles. The van der Waals surface area contributed by atoms with Gasteiger partial charge in [-0.3, -0.25) is 9.78 Å². The summed E-state index contributed by atoms with van der Waals surface area (Å²) >= 11 is 0. The number of para-hydroxylation sites is 1. The summed E-state index contributed by atoms with van der Waals surface area (Å²) in [5, 5.41) is 1.10. The van der Waals surface area contributed by atoms with Crippen LogP contribution in [0.25, 0.3) is 10.9 Å². The number of carbonyl (C=O) groups excluding carboxylic acids is 1. The molecule has 122 valence electrons. The van der Waals surface area contributed by atoms with Crippen molar-refractivity contribution in [1.29, 1.82) is 0 Å². The predicted octanol–water partition coefficient (Wildman–Crippen LogP) is 3.04. The molecule has 2 heterocycles. The quantitative estimate of drug-likeness (QED) is 0.786. The summed E-state index contributed by atoms with van der Waals surface area (Å²) in [6.07, 6.45) is 6.34. The van der Waals surface area contributed by atoms with Gasteiger partial charge in [0.2, 0.25) is 5.91 Å². The van der Waals surface area contributed by atoms with Crippen LogP contribution < -0.4 is 0 Å². The molecule has 1 aliphatic carbocycles. The highest BCUT2D eigenvalue weighted by atomic mass is 16.2. The van der Waals surface area contributed by atoms with E-state index in [1.165, 1.54) is 12.8 Å². The van der Waals surface area contributed by atoms with Gasteiger partial charge in [0.1, 0.15) is 5.82 Å². The number of pyridine rings is 1. The molecule has 24 heavy (non-hydrogen) atoms. The lowest BCUT2D eigenvalue weighted by molar-refractivity contribution is -0.129. The number of H-pyrrole nitrogens is 1. The summed E-state index contributed by atoms with van der Waals surface area (Å²) < 4.78 is 0. The standard InChI is InChI=1S/C19H20N4O/c1-23(12-15-5-2-4-13-6-3-9-20-18(13)15)17(24)10-16-11-21-19(22-16)14-7-8-14/h2-6,9,11,14H,7-8,10,12H2,1H3,(H,21,22). The molecule has 0 spiro atoms. The summed E-state index contributed by atoms with van der Waals surface area (Å²) in [5.41, 5.74) is 2.91. The number of hydrogen-bond acceptors (Lipinski definition) is 3. The molecule has 1 aromatic carbocycles. The van der Waals surface area contributed by atoms with Crippen molar-refractivity contribution in [2.75, 3.05) is 7.05 Å². The minimum atomic E-state index is 0.0777. The number of amides is 1. The second-order valence-corrected chi connectivity index (χ2v) is 6.49. The molecule has 0 unspecified atom stereocenters. The van der Waals surface area contributed by atoms with Crippen molar-refractivity contribution >= 4 is 16.8 Å². The minimum absolute atomic E-state index is 0.0777. The molecule has 3 aromatic rings. The number of benzene rings is 1. The maximum Gasteiger partial charge on any atom is 0.228 e. The second kappa shape index (κ2) is 6.07. The van der Waals surface area contributed by atoms with Gasteiger partial charge in [0.25, 0.3) is 0 Å². The maximum absolute atomic E-state index is 12.5. The number of carbonyl (C=O) groups is 1. The third kappa shape index (κ3) is 3.02. The lowest BCUT2D eigenvalue weighted by atomic mass is 10.1. The highest BCUT2D eigenvalue weighted by Crippen LogP contribution is 2.38. The van der Waals surface area contributed by atoms with E-state index in [4.69, 9.17) is 0 Å². The fourth-order valence-electron chi connectivity index (χ4n) is 2.97. The lowest BCUT2D eigenvalue weighted by Crippen LogP contribution is -2.28. The van der Waals surface area contributed by atoms with Gasteiger partial charge in [-0.15, -0.1) is 0 Å². The summed E-state index contributed by atoms with van der Waals surface area (Å²) in [4.78, 5) is 26.4. The molecule has 1 N–H and O–H groups in total. The number of nitrogens with one attached hydrogen (secondary N) is 1. The molecule has 0 saturated heterocycles. The van der Waals surface area contributed by atoms with Crippen molar-refractivity contribution < 1.29 is 4.79 Å².